The number of hydrogen-bond donors (Lipinski definition) is 1. The van der Waals surface area contributed by atoms with Crippen molar-refractivity contribution in [3.63, 3.8) is 0 Å². The Morgan fingerprint density at radius 1 is 1.18 bits per heavy atom. The second-order valence-electron chi connectivity index (χ2n) is 4.06. The summed E-state index contributed by atoms with van der Waals surface area (Å²) >= 11 is 0. The number of aryl methyl sites for hydroxylation is 3. The Morgan fingerprint density at radius 2 is 1.82 bits per heavy atom. The van der Waals surface area contributed by atoms with Gasteiger partial charge in [0.25, 0.3) is 5.91 Å². The van der Waals surface area contributed by atoms with Crippen LogP contribution in [-0.4, -0.2) is 11.1 Å². The normalized spacial score (nSPS) is 10.3. The fourth-order valence-corrected chi connectivity index (χ4v) is 1.69. The van der Waals surface area contributed by atoms with Crippen molar-refractivity contribution in [2.75, 3.05) is 5.32 Å². The van der Waals surface area contributed by atoms with Crippen LogP contribution in [0.4, 0.5) is 5.69 Å². The van der Waals surface area contributed by atoms with Crippen LogP contribution in [0.25, 0.3) is 0 Å². The molecule has 17 heavy (non-hydrogen) atoms. The highest BCUT2D eigenvalue weighted by atomic mass is 16.5. The van der Waals surface area contributed by atoms with Crippen LogP contribution >= 0.6 is 0 Å². The minimum Gasteiger partial charge on any atom is -0.351 e. The summed E-state index contributed by atoms with van der Waals surface area (Å²) < 4.78 is 4.92. The second-order valence-corrected chi connectivity index (χ2v) is 4.06. The van der Waals surface area contributed by atoms with Gasteiger partial charge in [-0.15, -0.1) is 0 Å². The van der Waals surface area contributed by atoms with Gasteiger partial charge in [0.1, 0.15) is 0 Å². The molecule has 4 nitrogen and oxygen atoms in total. The molecule has 0 unspecified atom stereocenters. The highest BCUT2D eigenvalue weighted by Gasteiger charge is 2.15. The zero-order chi connectivity index (χ0) is 12.4. The largest absolute Gasteiger partial charge is 0.351 e. The van der Waals surface area contributed by atoms with E-state index >= 15 is 0 Å². The lowest BCUT2D eigenvalue weighted by Crippen LogP contribution is -2.14. The van der Waals surface area contributed by atoms with E-state index in [0.717, 1.165) is 22.4 Å². The third-order valence-corrected chi connectivity index (χ3v) is 2.67. The van der Waals surface area contributed by atoms with Crippen LogP contribution in [0.3, 0.4) is 0 Å². The van der Waals surface area contributed by atoms with Crippen LogP contribution < -0.4 is 5.32 Å². The van der Waals surface area contributed by atoms with Gasteiger partial charge in [0.15, 0.2) is 0 Å². The van der Waals surface area contributed by atoms with E-state index < -0.39 is 0 Å². The molecule has 0 bridgehead atoms. The molecule has 2 aromatic rings. The average molecular weight is 230 g/mol. The Morgan fingerprint density at radius 3 is 2.35 bits per heavy atom. The number of carbonyl (C=O) groups excluding carboxylic acids is 1. The van der Waals surface area contributed by atoms with Gasteiger partial charge in [-0.2, -0.15) is 0 Å². The Bertz CT molecular complexity index is 538. The number of benzene rings is 1. The highest BCUT2D eigenvalue weighted by Crippen LogP contribution is 2.20. The monoisotopic (exact) mass is 230 g/mol. The van der Waals surface area contributed by atoms with Crippen LogP contribution in [0.5, 0.6) is 0 Å². The third kappa shape index (κ3) is 2.20. The minimum atomic E-state index is -0.266. The van der Waals surface area contributed by atoms with Gasteiger partial charge in [0, 0.05) is 11.3 Å². The van der Waals surface area contributed by atoms with E-state index in [-0.39, 0.29) is 11.7 Å². The van der Waals surface area contributed by atoms with Gasteiger partial charge < -0.3 is 9.84 Å². The molecule has 88 valence electrons. The van der Waals surface area contributed by atoms with E-state index in [1.54, 1.807) is 6.92 Å². The van der Waals surface area contributed by atoms with Crippen molar-refractivity contribution in [2.24, 2.45) is 0 Å². The molecule has 1 amide bonds. The first-order valence-corrected chi connectivity index (χ1v) is 5.38. The number of hydrogen-bond acceptors (Lipinski definition) is 3. The first kappa shape index (κ1) is 11.4. The number of anilines is 1. The molecule has 0 radical (unpaired) electrons. The molecule has 0 aliphatic rings. The van der Waals surface area contributed by atoms with Crippen molar-refractivity contribution in [3.8, 4) is 0 Å². The molecular formula is C13H14N2O2. The number of amides is 1. The lowest BCUT2D eigenvalue weighted by atomic mass is 10.1. The SMILES string of the molecule is Cc1cnoc1C(=O)Nc1c(C)cccc1C. The summed E-state index contributed by atoms with van der Waals surface area (Å²) in [6.07, 6.45) is 1.53. The molecule has 1 heterocycles. The van der Waals surface area contributed by atoms with Crippen molar-refractivity contribution in [1.82, 2.24) is 5.16 Å². The lowest BCUT2D eigenvalue weighted by molar-refractivity contribution is 0.0987. The fourth-order valence-electron chi connectivity index (χ4n) is 1.69. The van der Waals surface area contributed by atoms with E-state index in [4.69, 9.17) is 4.52 Å². The minimum absolute atomic E-state index is 0.257. The molecule has 0 atom stereocenters. The van der Waals surface area contributed by atoms with Gasteiger partial charge in [-0.05, 0) is 31.9 Å². The van der Waals surface area contributed by atoms with E-state index in [0.29, 0.717) is 0 Å². The number of nitrogens with one attached hydrogen (secondary N) is 1. The zero-order valence-corrected chi connectivity index (χ0v) is 10.1. The van der Waals surface area contributed by atoms with E-state index in [1.807, 2.05) is 32.0 Å². The summed E-state index contributed by atoms with van der Waals surface area (Å²) in [7, 11) is 0. The molecule has 4 heteroatoms. The fraction of sp³-hybridized carbons (Fsp3) is 0.231. The van der Waals surface area contributed by atoms with Crippen LogP contribution in [0, 0.1) is 20.8 Å². The van der Waals surface area contributed by atoms with Crippen molar-refractivity contribution in [3.05, 3.63) is 46.8 Å². The first-order chi connectivity index (χ1) is 8.09. The van der Waals surface area contributed by atoms with Crippen LogP contribution in [0.1, 0.15) is 27.2 Å². The van der Waals surface area contributed by atoms with Gasteiger partial charge in [-0.1, -0.05) is 23.4 Å². The Kier molecular flexibility index (Phi) is 2.95. The zero-order valence-electron chi connectivity index (χ0n) is 10.1. The van der Waals surface area contributed by atoms with Gasteiger partial charge >= 0.3 is 0 Å². The Labute approximate surface area is 99.6 Å². The van der Waals surface area contributed by atoms with Crippen molar-refractivity contribution in [2.45, 2.75) is 20.8 Å². The molecular weight excluding hydrogens is 216 g/mol. The number of carbonyl (C=O) groups is 1. The van der Waals surface area contributed by atoms with Gasteiger partial charge in [0.2, 0.25) is 5.76 Å². The number of rotatable bonds is 2. The standard InChI is InChI=1S/C13H14N2O2/c1-8-5-4-6-9(2)11(8)15-13(16)12-10(3)7-14-17-12/h4-7H,1-3H3,(H,15,16). The molecule has 1 N–H and O–H groups in total. The quantitative estimate of drug-likeness (QED) is 0.863. The second kappa shape index (κ2) is 4.41. The number of nitrogens with zero attached hydrogens (tertiary/aromatic N) is 1. The van der Waals surface area contributed by atoms with Crippen molar-refractivity contribution >= 4 is 11.6 Å². The topological polar surface area (TPSA) is 55.1 Å². The number of aromatic nitrogens is 1. The molecule has 0 fully saturated rings. The Balaban J connectivity index is 2.28. The molecule has 0 aliphatic heterocycles. The lowest BCUT2D eigenvalue weighted by Gasteiger charge is -2.10. The maximum atomic E-state index is 12.0. The Hall–Kier alpha value is -2.10. The summed E-state index contributed by atoms with van der Waals surface area (Å²) in [5.74, 6) is -0.00921. The van der Waals surface area contributed by atoms with Crippen LogP contribution in [0.2, 0.25) is 0 Å². The van der Waals surface area contributed by atoms with Crippen LogP contribution in [0.15, 0.2) is 28.9 Å². The van der Waals surface area contributed by atoms with Gasteiger partial charge in [0.05, 0.1) is 6.20 Å². The first-order valence-electron chi connectivity index (χ1n) is 5.38. The predicted octanol–water partition coefficient (Wildman–Crippen LogP) is 2.85. The third-order valence-electron chi connectivity index (χ3n) is 2.67. The molecule has 0 spiro atoms. The maximum Gasteiger partial charge on any atom is 0.294 e. The molecule has 2 rings (SSSR count). The predicted molar refractivity (Wildman–Crippen MR) is 65.1 cm³/mol. The number of para-hydroxylation sites is 1. The molecule has 1 aromatic heterocycles. The van der Waals surface area contributed by atoms with Gasteiger partial charge in [-0.25, -0.2) is 0 Å². The highest BCUT2D eigenvalue weighted by molar-refractivity contribution is 6.03. The molecule has 0 saturated carbocycles. The summed E-state index contributed by atoms with van der Waals surface area (Å²) in [6.45, 7) is 5.70. The smallest absolute Gasteiger partial charge is 0.294 e. The van der Waals surface area contributed by atoms with Gasteiger partial charge in [-0.3, -0.25) is 4.79 Å². The van der Waals surface area contributed by atoms with E-state index in [1.165, 1.54) is 6.20 Å². The maximum absolute atomic E-state index is 12.0. The van der Waals surface area contributed by atoms with Crippen molar-refractivity contribution in [1.29, 1.82) is 0 Å². The van der Waals surface area contributed by atoms with Crippen molar-refractivity contribution < 1.29 is 9.32 Å². The summed E-state index contributed by atoms with van der Waals surface area (Å²) in [6, 6.07) is 5.87. The average Bonchev–Trinajstić information content (AvgIpc) is 2.70. The summed E-state index contributed by atoms with van der Waals surface area (Å²) in [4.78, 5) is 12.0. The van der Waals surface area contributed by atoms with Crippen LogP contribution in [-0.2, 0) is 0 Å². The summed E-state index contributed by atoms with van der Waals surface area (Å²) in [5.41, 5.74) is 3.60. The molecule has 1 aromatic carbocycles. The van der Waals surface area contributed by atoms with E-state index in [2.05, 4.69) is 10.5 Å². The van der Waals surface area contributed by atoms with E-state index in [9.17, 15) is 4.79 Å². The molecule has 0 saturated heterocycles. The molecule has 0 aliphatic carbocycles. The summed E-state index contributed by atoms with van der Waals surface area (Å²) in [5, 5.41) is 6.44.